The van der Waals surface area contributed by atoms with Gasteiger partial charge in [0.25, 0.3) is 5.91 Å². The Balaban J connectivity index is 1.35. The summed E-state index contributed by atoms with van der Waals surface area (Å²) in [6.07, 6.45) is -4.67. The van der Waals surface area contributed by atoms with Crippen LogP contribution in [0.4, 0.5) is 18.9 Å². The lowest BCUT2D eigenvalue weighted by molar-refractivity contribution is -0.141. The monoisotopic (exact) mass is 590 g/mol. The van der Waals surface area contributed by atoms with Gasteiger partial charge in [-0.05, 0) is 54.6 Å². The predicted octanol–water partition coefficient (Wildman–Crippen LogP) is 5.48. The molecule has 1 amide bonds. The molecule has 8 nitrogen and oxygen atoms in total. The van der Waals surface area contributed by atoms with E-state index in [2.05, 4.69) is 10.4 Å². The van der Waals surface area contributed by atoms with Gasteiger partial charge < -0.3 is 10.1 Å². The van der Waals surface area contributed by atoms with Crippen LogP contribution in [0.1, 0.15) is 16.1 Å². The van der Waals surface area contributed by atoms with Gasteiger partial charge in [0, 0.05) is 29.9 Å². The molecule has 0 bridgehead atoms. The summed E-state index contributed by atoms with van der Waals surface area (Å²) in [5.41, 5.74) is 0.343. The number of benzene rings is 3. The Bertz CT molecular complexity index is 1630. The van der Waals surface area contributed by atoms with E-state index in [1.165, 1.54) is 52.8 Å². The van der Waals surface area contributed by atoms with Crippen LogP contribution in [0, 0.1) is 0 Å². The van der Waals surface area contributed by atoms with Crippen LogP contribution in [0.5, 0.6) is 0 Å². The molecule has 0 atom stereocenters. The Morgan fingerprint density at radius 1 is 0.950 bits per heavy atom. The topological polar surface area (TPSA) is 93.5 Å². The van der Waals surface area contributed by atoms with Crippen LogP contribution in [-0.4, -0.2) is 54.7 Å². The summed E-state index contributed by atoms with van der Waals surface area (Å²) in [5, 5.41) is 6.65. The molecule has 1 aliphatic rings. The second kappa shape index (κ2) is 11.0. The summed E-state index contributed by atoms with van der Waals surface area (Å²) in [5.74, 6) is -0.481. The molecule has 208 valence electrons. The first-order valence-corrected chi connectivity index (χ1v) is 13.9. The molecule has 2 heterocycles. The number of carbonyl (C=O) groups is 1. The van der Waals surface area contributed by atoms with E-state index in [1.807, 2.05) is 0 Å². The van der Waals surface area contributed by atoms with Gasteiger partial charge >= 0.3 is 6.18 Å². The average molecular weight is 591 g/mol. The average Bonchev–Trinajstić information content (AvgIpc) is 3.40. The molecule has 1 saturated heterocycles. The first kappa shape index (κ1) is 27.8. The molecule has 0 radical (unpaired) electrons. The molecule has 0 unspecified atom stereocenters. The third-order valence-electron chi connectivity index (χ3n) is 6.24. The van der Waals surface area contributed by atoms with E-state index < -0.39 is 27.8 Å². The van der Waals surface area contributed by atoms with Crippen molar-refractivity contribution in [3.05, 3.63) is 95.1 Å². The zero-order valence-electron chi connectivity index (χ0n) is 20.7. The Hall–Kier alpha value is -3.71. The standard InChI is InChI=1S/C27H22ClF3N4O4S/c28-22-3-1-2-4-23(22)35-24(17-25(33-35)27(29,30)31)18-5-7-19(8-6-18)26(36)32-20-9-11-21(12-10-20)40(37,38)34-13-15-39-16-14-34/h1-12,17H,13-16H2,(H,32,36). The highest BCUT2D eigenvalue weighted by Gasteiger charge is 2.35. The molecule has 5 rings (SSSR count). The van der Waals surface area contributed by atoms with Gasteiger partial charge in [0.1, 0.15) is 0 Å². The number of hydrogen-bond donors (Lipinski definition) is 1. The van der Waals surface area contributed by atoms with Crippen molar-refractivity contribution in [2.24, 2.45) is 0 Å². The number of para-hydroxylation sites is 1. The van der Waals surface area contributed by atoms with Crippen molar-refractivity contribution in [2.45, 2.75) is 11.1 Å². The molecule has 3 aromatic carbocycles. The minimum absolute atomic E-state index is 0.102. The number of aromatic nitrogens is 2. The first-order valence-electron chi connectivity index (χ1n) is 12.1. The summed E-state index contributed by atoms with van der Waals surface area (Å²) < 4.78 is 73.7. The van der Waals surface area contributed by atoms with E-state index in [1.54, 1.807) is 24.3 Å². The zero-order chi connectivity index (χ0) is 28.5. The highest BCUT2D eigenvalue weighted by atomic mass is 35.5. The van der Waals surface area contributed by atoms with Gasteiger partial charge in [-0.15, -0.1) is 0 Å². The van der Waals surface area contributed by atoms with Crippen molar-refractivity contribution in [1.29, 1.82) is 0 Å². The number of alkyl halides is 3. The minimum Gasteiger partial charge on any atom is -0.379 e. The number of anilines is 1. The number of carbonyl (C=O) groups excluding carboxylic acids is 1. The number of nitrogens with one attached hydrogen (secondary N) is 1. The van der Waals surface area contributed by atoms with Crippen LogP contribution in [-0.2, 0) is 20.9 Å². The van der Waals surface area contributed by atoms with Gasteiger partial charge in [-0.2, -0.15) is 22.6 Å². The van der Waals surface area contributed by atoms with Crippen LogP contribution in [0.15, 0.2) is 83.8 Å². The summed E-state index contributed by atoms with van der Waals surface area (Å²) >= 11 is 6.22. The number of morpholine rings is 1. The minimum atomic E-state index is -4.67. The molecule has 13 heteroatoms. The third kappa shape index (κ3) is 5.75. The SMILES string of the molecule is O=C(Nc1ccc(S(=O)(=O)N2CCOCC2)cc1)c1ccc(-c2cc(C(F)(F)F)nn2-c2ccccc2Cl)cc1. The Morgan fingerprint density at radius 3 is 2.23 bits per heavy atom. The third-order valence-corrected chi connectivity index (χ3v) is 8.48. The van der Waals surface area contributed by atoms with E-state index in [9.17, 15) is 26.4 Å². The molecular formula is C27H22ClF3N4O4S. The number of nitrogens with zero attached hydrogens (tertiary/aromatic N) is 3. The molecule has 1 fully saturated rings. The van der Waals surface area contributed by atoms with Crippen molar-refractivity contribution in [2.75, 3.05) is 31.6 Å². The number of halogens is 4. The molecule has 40 heavy (non-hydrogen) atoms. The van der Waals surface area contributed by atoms with Gasteiger partial charge in [-0.1, -0.05) is 35.9 Å². The van der Waals surface area contributed by atoms with Gasteiger partial charge in [0.2, 0.25) is 10.0 Å². The fourth-order valence-electron chi connectivity index (χ4n) is 4.17. The number of sulfonamides is 1. The highest BCUT2D eigenvalue weighted by Crippen LogP contribution is 2.34. The van der Waals surface area contributed by atoms with E-state index >= 15 is 0 Å². The number of amides is 1. The smallest absolute Gasteiger partial charge is 0.379 e. The second-order valence-electron chi connectivity index (χ2n) is 8.85. The zero-order valence-corrected chi connectivity index (χ0v) is 22.3. The van der Waals surface area contributed by atoms with E-state index in [-0.39, 0.29) is 40.0 Å². The van der Waals surface area contributed by atoms with Crippen molar-refractivity contribution >= 4 is 33.2 Å². The Morgan fingerprint density at radius 2 is 1.60 bits per heavy atom. The number of hydrogen-bond acceptors (Lipinski definition) is 5. The normalized spacial score (nSPS) is 14.7. The van der Waals surface area contributed by atoms with E-state index in [4.69, 9.17) is 16.3 Å². The van der Waals surface area contributed by atoms with Crippen LogP contribution >= 0.6 is 11.6 Å². The van der Waals surface area contributed by atoms with Gasteiger partial charge in [0.05, 0.1) is 34.5 Å². The summed E-state index contributed by atoms with van der Waals surface area (Å²) in [4.78, 5) is 12.9. The molecule has 0 spiro atoms. The summed E-state index contributed by atoms with van der Waals surface area (Å²) in [6, 6.07) is 19.1. The Kier molecular flexibility index (Phi) is 7.69. The lowest BCUT2D eigenvalue weighted by Crippen LogP contribution is -2.40. The molecule has 1 aliphatic heterocycles. The molecule has 4 aromatic rings. The highest BCUT2D eigenvalue weighted by molar-refractivity contribution is 7.89. The Labute approximate surface area is 233 Å². The fraction of sp³-hybridized carbons (Fsp3) is 0.185. The van der Waals surface area contributed by atoms with Crippen molar-refractivity contribution < 1.29 is 31.1 Å². The van der Waals surface area contributed by atoms with Crippen molar-refractivity contribution in [1.82, 2.24) is 14.1 Å². The van der Waals surface area contributed by atoms with Crippen LogP contribution in [0.2, 0.25) is 5.02 Å². The lowest BCUT2D eigenvalue weighted by atomic mass is 10.1. The summed E-state index contributed by atoms with van der Waals surface area (Å²) in [7, 11) is -3.67. The molecule has 0 aliphatic carbocycles. The largest absolute Gasteiger partial charge is 0.435 e. The van der Waals surface area contributed by atoms with Crippen molar-refractivity contribution in [3.8, 4) is 16.9 Å². The van der Waals surface area contributed by atoms with E-state index in [0.29, 0.717) is 24.5 Å². The summed E-state index contributed by atoms with van der Waals surface area (Å²) in [6.45, 7) is 1.21. The second-order valence-corrected chi connectivity index (χ2v) is 11.2. The molecular weight excluding hydrogens is 569 g/mol. The molecule has 1 N–H and O–H groups in total. The maximum absolute atomic E-state index is 13.5. The lowest BCUT2D eigenvalue weighted by Gasteiger charge is -2.26. The van der Waals surface area contributed by atoms with Crippen LogP contribution < -0.4 is 5.32 Å². The van der Waals surface area contributed by atoms with Gasteiger partial charge in [0.15, 0.2) is 5.69 Å². The number of rotatable bonds is 6. The maximum atomic E-state index is 13.5. The van der Waals surface area contributed by atoms with Crippen LogP contribution in [0.3, 0.4) is 0 Å². The first-order chi connectivity index (χ1) is 19.0. The predicted molar refractivity (Wildman–Crippen MR) is 143 cm³/mol. The van der Waals surface area contributed by atoms with Crippen LogP contribution in [0.25, 0.3) is 16.9 Å². The maximum Gasteiger partial charge on any atom is 0.435 e. The molecule has 1 aromatic heterocycles. The van der Waals surface area contributed by atoms with Gasteiger partial charge in [-0.3, -0.25) is 4.79 Å². The molecule has 0 saturated carbocycles. The van der Waals surface area contributed by atoms with E-state index in [0.717, 1.165) is 10.7 Å². The van der Waals surface area contributed by atoms with Crippen molar-refractivity contribution in [3.63, 3.8) is 0 Å². The van der Waals surface area contributed by atoms with Gasteiger partial charge in [-0.25, -0.2) is 13.1 Å². The number of ether oxygens (including phenoxy) is 1. The fourth-order valence-corrected chi connectivity index (χ4v) is 5.80. The quantitative estimate of drug-likeness (QED) is 0.321.